The lowest BCUT2D eigenvalue weighted by molar-refractivity contribution is -0.0634. The maximum absolute atomic E-state index is 13.8. The summed E-state index contributed by atoms with van der Waals surface area (Å²) in [5.74, 6) is 7.25. The van der Waals surface area contributed by atoms with Crippen molar-refractivity contribution in [1.29, 1.82) is 0 Å². The third-order valence-corrected chi connectivity index (χ3v) is 10.2. The Balaban J connectivity index is 1.38. The Kier molecular flexibility index (Phi) is 5.59. The SMILES string of the molecule is COc1cc(OC)cc(C(=O)C2CCC3C4CCC5CC(C)CCC5C4CCC23C)c1. The minimum Gasteiger partial charge on any atom is -0.497 e. The predicted octanol–water partition coefficient (Wildman–Crippen LogP) is 6.79. The van der Waals surface area contributed by atoms with Gasteiger partial charge in [0.25, 0.3) is 0 Å². The summed E-state index contributed by atoms with van der Waals surface area (Å²) < 4.78 is 10.9. The van der Waals surface area contributed by atoms with Crippen molar-refractivity contribution in [2.45, 2.75) is 71.6 Å². The first-order valence-electron chi connectivity index (χ1n) is 12.7. The minimum absolute atomic E-state index is 0.138. The van der Waals surface area contributed by atoms with Gasteiger partial charge in [0.15, 0.2) is 5.78 Å². The van der Waals surface area contributed by atoms with Gasteiger partial charge in [0, 0.05) is 17.5 Å². The Hall–Kier alpha value is -1.51. The molecule has 0 heterocycles. The minimum atomic E-state index is 0.138. The van der Waals surface area contributed by atoms with E-state index in [1.807, 2.05) is 18.2 Å². The van der Waals surface area contributed by atoms with Gasteiger partial charge in [0.2, 0.25) is 0 Å². The summed E-state index contributed by atoms with van der Waals surface area (Å²) in [5, 5.41) is 0. The first-order valence-corrected chi connectivity index (χ1v) is 12.7. The quantitative estimate of drug-likeness (QED) is 0.499. The molecule has 3 heteroatoms. The molecular weight excluding hydrogens is 384 g/mol. The second kappa shape index (κ2) is 8.12. The number of benzene rings is 1. The van der Waals surface area contributed by atoms with Gasteiger partial charge in [-0.05, 0) is 104 Å². The van der Waals surface area contributed by atoms with E-state index in [1.165, 1.54) is 51.4 Å². The molecule has 4 saturated carbocycles. The average Bonchev–Trinajstić information content (AvgIpc) is 3.14. The molecule has 170 valence electrons. The van der Waals surface area contributed by atoms with Crippen molar-refractivity contribution in [3.8, 4) is 11.5 Å². The molecule has 0 N–H and O–H groups in total. The third-order valence-electron chi connectivity index (χ3n) is 10.2. The maximum atomic E-state index is 13.8. The van der Waals surface area contributed by atoms with Crippen molar-refractivity contribution >= 4 is 5.78 Å². The second-order valence-electron chi connectivity index (χ2n) is 11.5. The first-order chi connectivity index (χ1) is 14.9. The van der Waals surface area contributed by atoms with E-state index in [-0.39, 0.29) is 11.3 Å². The fourth-order valence-corrected chi connectivity index (χ4v) is 8.67. The number of carbonyl (C=O) groups is 1. The van der Waals surface area contributed by atoms with Crippen LogP contribution < -0.4 is 9.47 Å². The fourth-order valence-electron chi connectivity index (χ4n) is 8.67. The van der Waals surface area contributed by atoms with E-state index in [0.717, 1.165) is 47.5 Å². The van der Waals surface area contributed by atoms with Crippen molar-refractivity contribution in [1.82, 2.24) is 0 Å². The molecule has 4 aliphatic rings. The number of hydrogen-bond acceptors (Lipinski definition) is 3. The van der Waals surface area contributed by atoms with Gasteiger partial charge < -0.3 is 9.47 Å². The van der Waals surface area contributed by atoms with E-state index in [1.54, 1.807) is 14.2 Å². The van der Waals surface area contributed by atoms with Gasteiger partial charge >= 0.3 is 0 Å². The van der Waals surface area contributed by atoms with Crippen LogP contribution in [0.2, 0.25) is 0 Å². The Labute approximate surface area is 188 Å². The standard InChI is InChI=1S/C28H40O3/c1-17-5-7-22-18(13-17)6-8-24-23(22)11-12-28(2)25(24)9-10-26(28)27(29)19-14-20(30-3)16-21(15-19)31-4/h14-18,22-26H,5-13H2,1-4H3. The van der Waals surface area contributed by atoms with E-state index in [9.17, 15) is 4.79 Å². The predicted molar refractivity (Wildman–Crippen MR) is 124 cm³/mol. The summed E-state index contributed by atoms with van der Waals surface area (Å²) in [5.41, 5.74) is 0.916. The van der Waals surface area contributed by atoms with Gasteiger partial charge in [-0.2, -0.15) is 0 Å². The number of methoxy groups -OCH3 is 2. The Bertz CT molecular complexity index is 809. The second-order valence-corrected chi connectivity index (χ2v) is 11.5. The number of Topliss-reactive ketones (excluding diaryl/α,β-unsaturated/α-hetero) is 1. The first kappa shape index (κ1) is 21.3. The summed E-state index contributed by atoms with van der Waals surface area (Å²) in [7, 11) is 3.30. The number of hydrogen-bond donors (Lipinski definition) is 0. The number of fused-ring (bicyclic) bond motifs is 5. The molecule has 8 atom stereocenters. The van der Waals surface area contributed by atoms with Crippen LogP contribution in [0, 0.1) is 46.8 Å². The van der Waals surface area contributed by atoms with E-state index < -0.39 is 0 Å². The molecule has 4 fully saturated rings. The molecule has 3 nitrogen and oxygen atoms in total. The maximum Gasteiger partial charge on any atom is 0.166 e. The van der Waals surface area contributed by atoms with Gasteiger partial charge in [-0.15, -0.1) is 0 Å². The van der Waals surface area contributed by atoms with Crippen LogP contribution in [0.25, 0.3) is 0 Å². The monoisotopic (exact) mass is 424 g/mol. The van der Waals surface area contributed by atoms with Gasteiger partial charge in [-0.3, -0.25) is 4.79 Å². The molecule has 0 amide bonds. The summed E-state index contributed by atoms with van der Waals surface area (Å²) in [6.45, 7) is 4.91. The largest absolute Gasteiger partial charge is 0.497 e. The molecule has 0 bridgehead atoms. The van der Waals surface area contributed by atoms with E-state index in [4.69, 9.17) is 9.47 Å². The smallest absolute Gasteiger partial charge is 0.166 e. The van der Waals surface area contributed by atoms with Gasteiger partial charge in [-0.25, -0.2) is 0 Å². The van der Waals surface area contributed by atoms with E-state index in [0.29, 0.717) is 17.3 Å². The molecule has 0 spiro atoms. The normalized spacial score (nSPS) is 41.6. The summed E-state index contributed by atoms with van der Waals surface area (Å²) >= 11 is 0. The molecule has 8 unspecified atom stereocenters. The highest BCUT2D eigenvalue weighted by Crippen LogP contribution is 2.64. The zero-order valence-corrected chi connectivity index (χ0v) is 19.9. The number of rotatable bonds is 4. The number of carbonyl (C=O) groups excluding carboxylic acids is 1. The zero-order valence-electron chi connectivity index (χ0n) is 19.9. The van der Waals surface area contributed by atoms with Gasteiger partial charge in [0.05, 0.1) is 14.2 Å². The van der Waals surface area contributed by atoms with Crippen molar-refractivity contribution in [3.05, 3.63) is 23.8 Å². The molecule has 1 aromatic carbocycles. The Morgan fingerprint density at radius 1 is 0.871 bits per heavy atom. The van der Waals surface area contributed by atoms with Crippen LogP contribution in [0.4, 0.5) is 0 Å². The molecule has 0 aliphatic heterocycles. The molecule has 0 aromatic heterocycles. The van der Waals surface area contributed by atoms with Crippen LogP contribution in [0.5, 0.6) is 11.5 Å². The van der Waals surface area contributed by atoms with Crippen molar-refractivity contribution in [2.75, 3.05) is 14.2 Å². The highest BCUT2D eigenvalue weighted by Gasteiger charge is 2.58. The average molecular weight is 425 g/mol. The van der Waals surface area contributed by atoms with Gasteiger partial charge in [-0.1, -0.05) is 20.3 Å². The zero-order chi connectivity index (χ0) is 21.8. The molecule has 4 aliphatic carbocycles. The summed E-state index contributed by atoms with van der Waals surface area (Å²) in [6.07, 6.45) is 12.1. The van der Waals surface area contributed by atoms with Crippen molar-refractivity contribution in [3.63, 3.8) is 0 Å². The van der Waals surface area contributed by atoms with Crippen molar-refractivity contribution < 1.29 is 14.3 Å². The fraction of sp³-hybridized carbons (Fsp3) is 0.750. The topological polar surface area (TPSA) is 35.5 Å². The van der Waals surface area contributed by atoms with Crippen LogP contribution in [0.1, 0.15) is 82.0 Å². The number of ether oxygens (including phenoxy) is 2. The molecular formula is C28H40O3. The van der Waals surface area contributed by atoms with Crippen LogP contribution in [0.3, 0.4) is 0 Å². The summed E-state index contributed by atoms with van der Waals surface area (Å²) in [4.78, 5) is 13.8. The van der Waals surface area contributed by atoms with E-state index in [2.05, 4.69) is 13.8 Å². The lowest BCUT2D eigenvalue weighted by Crippen LogP contribution is -2.49. The summed E-state index contributed by atoms with van der Waals surface area (Å²) in [6, 6.07) is 5.66. The van der Waals surface area contributed by atoms with Crippen LogP contribution >= 0.6 is 0 Å². The lowest BCUT2D eigenvalue weighted by atomic mass is 9.49. The third kappa shape index (κ3) is 3.51. The Morgan fingerprint density at radius 2 is 1.58 bits per heavy atom. The molecule has 0 radical (unpaired) electrons. The van der Waals surface area contributed by atoms with Crippen LogP contribution in [-0.2, 0) is 0 Å². The Morgan fingerprint density at radius 3 is 2.29 bits per heavy atom. The van der Waals surface area contributed by atoms with Crippen LogP contribution in [0.15, 0.2) is 18.2 Å². The highest BCUT2D eigenvalue weighted by molar-refractivity contribution is 5.99. The van der Waals surface area contributed by atoms with E-state index >= 15 is 0 Å². The van der Waals surface area contributed by atoms with Crippen molar-refractivity contribution in [2.24, 2.45) is 46.8 Å². The van der Waals surface area contributed by atoms with Crippen LogP contribution in [-0.4, -0.2) is 20.0 Å². The highest BCUT2D eigenvalue weighted by atomic mass is 16.5. The number of ketones is 1. The van der Waals surface area contributed by atoms with Gasteiger partial charge in [0.1, 0.15) is 11.5 Å². The lowest BCUT2D eigenvalue weighted by Gasteiger charge is -2.56. The molecule has 0 saturated heterocycles. The molecule has 31 heavy (non-hydrogen) atoms. The molecule has 1 aromatic rings. The molecule has 5 rings (SSSR count).